The topological polar surface area (TPSA) is 46.2 Å². The van der Waals surface area contributed by atoms with Gasteiger partial charge >= 0.3 is 0 Å². The zero-order valence-corrected chi connectivity index (χ0v) is 12.0. The van der Waals surface area contributed by atoms with Gasteiger partial charge in [0.15, 0.2) is 0 Å². The van der Waals surface area contributed by atoms with Crippen LogP contribution in [0.25, 0.3) is 21.9 Å². The Bertz CT molecular complexity index is 759. The van der Waals surface area contributed by atoms with E-state index < -0.39 is 6.10 Å². The van der Waals surface area contributed by atoms with Gasteiger partial charge in [0.05, 0.1) is 6.10 Å². The first-order valence-corrected chi connectivity index (χ1v) is 7.19. The molecule has 0 saturated carbocycles. The van der Waals surface area contributed by atoms with Crippen LogP contribution in [-0.4, -0.2) is 11.1 Å². The SMILES string of the molecule is CC(N)C(O)c1ccccc1-c1cccc2ccccc12. The second-order valence-electron chi connectivity index (χ2n) is 5.42. The first-order valence-electron chi connectivity index (χ1n) is 7.19. The average Bonchev–Trinajstić information content (AvgIpc) is 2.53. The molecule has 2 nitrogen and oxygen atoms in total. The first kappa shape index (κ1) is 13.8. The number of nitrogens with two attached hydrogens (primary N) is 1. The number of aliphatic hydroxyl groups is 1. The van der Waals surface area contributed by atoms with Crippen molar-refractivity contribution in [2.24, 2.45) is 5.73 Å². The van der Waals surface area contributed by atoms with Crippen molar-refractivity contribution in [3.8, 4) is 11.1 Å². The van der Waals surface area contributed by atoms with E-state index in [-0.39, 0.29) is 6.04 Å². The third-order valence-corrected chi connectivity index (χ3v) is 3.86. The maximum absolute atomic E-state index is 10.4. The van der Waals surface area contributed by atoms with Crippen LogP contribution in [0, 0.1) is 0 Å². The molecule has 2 atom stereocenters. The van der Waals surface area contributed by atoms with E-state index in [2.05, 4.69) is 24.3 Å². The minimum absolute atomic E-state index is 0.305. The monoisotopic (exact) mass is 277 g/mol. The van der Waals surface area contributed by atoms with Gasteiger partial charge in [0, 0.05) is 6.04 Å². The Labute approximate surface area is 124 Å². The van der Waals surface area contributed by atoms with E-state index in [9.17, 15) is 5.11 Å². The molecule has 3 aromatic carbocycles. The molecule has 0 bridgehead atoms. The lowest BCUT2D eigenvalue weighted by Gasteiger charge is -2.19. The highest BCUT2D eigenvalue weighted by Crippen LogP contribution is 2.34. The predicted octanol–water partition coefficient (Wildman–Crippen LogP) is 3.89. The summed E-state index contributed by atoms with van der Waals surface area (Å²) >= 11 is 0. The van der Waals surface area contributed by atoms with E-state index in [0.29, 0.717) is 0 Å². The molecule has 0 aliphatic heterocycles. The van der Waals surface area contributed by atoms with Crippen LogP contribution >= 0.6 is 0 Å². The van der Waals surface area contributed by atoms with Crippen LogP contribution in [0.15, 0.2) is 66.7 Å². The van der Waals surface area contributed by atoms with Crippen molar-refractivity contribution < 1.29 is 5.11 Å². The minimum atomic E-state index is -0.667. The van der Waals surface area contributed by atoms with Gasteiger partial charge in [-0.2, -0.15) is 0 Å². The molecular formula is C19H19NO. The van der Waals surface area contributed by atoms with Gasteiger partial charge in [0.25, 0.3) is 0 Å². The van der Waals surface area contributed by atoms with Gasteiger partial charge in [0.2, 0.25) is 0 Å². The third kappa shape index (κ3) is 2.56. The summed E-state index contributed by atoms with van der Waals surface area (Å²) in [6, 6.07) is 22.2. The van der Waals surface area contributed by atoms with Crippen LogP contribution in [0.2, 0.25) is 0 Å². The molecule has 0 spiro atoms. The molecule has 21 heavy (non-hydrogen) atoms. The van der Waals surface area contributed by atoms with Crippen LogP contribution in [0.3, 0.4) is 0 Å². The van der Waals surface area contributed by atoms with E-state index in [4.69, 9.17) is 5.73 Å². The Balaban J connectivity index is 2.24. The number of rotatable bonds is 3. The molecule has 0 radical (unpaired) electrons. The molecule has 3 rings (SSSR count). The van der Waals surface area contributed by atoms with E-state index in [1.54, 1.807) is 0 Å². The van der Waals surface area contributed by atoms with Crippen molar-refractivity contribution in [2.75, 3.05) is 0 Å². The molecule has 106 valence electrons. The molecule has 0 aliphatic rings. The van der Waals surface area contributed by atoms with Crippen molar-refractivity contribution in [3.63, 3.8) is 0 Å². The van der Waals surface area contributed by atoms with Crippen molar-refractivity contribution in [1.82, 2.24) is 0 Å². The number of hydrogen-bond donors (Lipinski definition) is 2. The highest BCUT2D eigenvalue weighted by molar-refractivity contribution is 5.97. The highest BCUT2D eigenvalue weighted by atomic mass is 16.3. The largest absolute Gasteiger partial charge is 0.387 e. The Kier molecular flexibility index (Phi) is 3.74. The minimum Gasteiger partial charge on any atom is -0.387 e. The third-order valence-electron chi connectivity index (χ3n) is 3.86. The van der Waals surface area contributed by atoms with Gasteiger partial charge in [-0.25, -0.2) is 0 Å². The van der Waals surface area contributed by atoms with Crippen molar-refractivity contribution in [2.45, 2.75) is 19.1 Å². The summed E-state index contributed by atoms with van der Waals surface area (Å²) in [5, 5.41) is 12.8. The average molecular weight is 277 g/mol. The summed E-state index contributed by atoms with van der Waals surface area (Å²) in [7, 11) is 0. The second kappa shape index (κ2) is 5.68. The number of fused-ring (bicyclic) bond motifs is 1. The van der Waals surface area contributed by atoms with Gasteiger partial charge < -0.3 is 10.8 Å². The Morgan fingerprint density at radius 1 is 0.810 bits per heavy atom. The predicted molar refractivity (Wildman–Crippen MR) is 88.0 cm³/mol. The number of aliphatic hydroxyl groups excluding tert-OH is 1. The molecule has 2 unspecified atom stereocenters. The molecular weight excluding hydrogens is 258 g/mol. The van der Waals surface area contributed by atoms with Crippen LogP contribution in [0.1, 0.15) is 18.6 Å². The molecule has 0 amide bonds. The van der Waals surface area contributed by atoms with Gasteiger partial charge in [-0.05, 0) is 34.4 Å². The van der Waals surface area contributed by atoms with Crippen LogP contribution in [0.4, 0.5) is 0 Å². The zero-order chi connectivity index (χ0) is 14.8. The van der Waals surface area contributed by atoms with Gasteiger partial charge in [0.1, 0.15) is 0 Å². The molecule has 3 N–H and O–H groups in total. The van der Waals surface area contributed by atoms with Crippen LogP contribution in [-0.2, 0) is 0 Å². The molecule has 0 heterocycles. The van der Waals surface area contributed by atoms with Crippen molar-refractivity contribution in [3.05, 3.63) is 72.3 Å². The Morgan fingerprint density at radius 3 is 2.24 bits per heavy atom. The Morgan fingerprint density at radius 2 is 1.43 bits per heavy atom. The highest BCUT2D eigenvalue weighted by Gasteiger charge is 2.17. The standard InChI is InChI=1S/C19H19NO/c1-13(20)19(21)18-11-5-4-10-17(18)16-12-6-8-14-7-2-3-9-15(14)16/h2-13,19,21H,20H2,1H3. The van der Waals surface area contributed by atoms with Crippen molar-refractivity contribution in [1.29, 1.82) is 0 Å². The summed E-state index contributed by atoms with van der Waals surface area (Å²) in [4.78, 5) is 0. The fourth-order valence-corrected chi connectivity index (χ4v) is 2.74. The molecule has 0 aliphatic carbocycles. The Hall–Kier alpha value is -2.16. The lowest BCUT2D eigenvalue weighted by Crippen LogP contribution is -2.24. The molecule has 0 fully saturated rings. The zero-order valence-electron chi connectivity index (χ0n) is 12.0. The summed E-state index contributed by atoms with van der Waals surface area (Å²) in [6.07, 6.45) is -0.667. The maximum Gasteiger partial charge on any atom is 0.0944 e. The lowest BCUT2D eigenvalue weighted by molar-refractivity contribution is 0.154. The quantitative estimate of drug-likeness (QED) is 0.763. The van der Waals surface area contributed by atoms with E-state index in [1.807, 2.05) is 49.4 Å². The van der Waals surface area contributed by atoms with E-state index >= 15 is 0 Å². The van der Waals surface area contributed by atoms with E-state index in [1.165, 1.54) is 10.8 Å². The molecule has 0 saturated heterocycles. The van der Waals surface area contributed by atoms with Gasteiger partial charge in [-0.1, -0.05) is 66.7 Å². The van der Waals surface area contributed by atoms with Crippen molar-refractivity contribution >= 4 is 10.8 Å². The fourth-order valence-electron chi connectivity index (χ4n) is 2.74. The number of hydrogen-bond acceptors (Lipinski definition) is 2. The maximum atomic E-state index is 10.4. The molecule has 3 aromatic rings. The normalized spacial score (nSPS) is 14.0. The lowest BCUT2D eigenvalue weighted by atomic mass is 9.91. The summed E-state index contributed by atoms with van der Waals surface area (Å²) in [5.41, 5.74) is 8.93. The van der Waals surface area contributed by atoms with Gasteiger partial charge in [-0.15, -0.1) is 0 Å². The summed E-state index contributed by atoms with van der Waals surface area (Å²) in [5.74, 6) is 0. The second-order valence-corrected chi connectivity index (χ2v) is 5.42. The smallest absolute Gasteiger partial charge is 0.0944 e. The molecule has 2 heteroatoms. The van der Waals surface area contributed by atoms with Crippen LogP contribution < -0.4 is 5.73 Å². The summed E-state index contributed by atoms with van der Waals surface area (Å²) < 4.78 is 0. The first-order chi connectivity index (χ1) is 10.2. The van der Waals surface area contributed by atoms with Gasteiger partial charge in [-0.3, -0.25) is 0 Å². The van der Waals surface area contributed by atoms with E-state index in [0.717, 1.165) is 16.7 Å². The fraction of sp³-hybridized carbons (Fsp3) is 0.158. The molecule has 0 aromatic heterocycles. The van der Waals surface area contributed by atoms with Crippen LogP contribution in [0.5, 0.6) is 0 Å². The number of benzene rings is 3. The summed E-state index contributed by atoms with van der Waals surface area (Å²) in [6.45, 7) is 1.82.